The Hall–Kier alpha value is -1.38. The lowest BCUT2D eigenvalue weighted by molar-refractivity contribution is 0.117. The molecule has 17 heavy (non-hydrogen) atoms. The molecule has 0 aliphatic carbocycles. The van der Waals surface area contributed by atoms with Crippen LogP contribution in [0.2, 0.25) is 0 Å². The highest BCUT2D eigenvalue weighted by atomic mass is 15.3. The largest absolute Gasteiger partial charge is 0.340 e. The molecular formula is C12H19N5. The summed E-state index contributed by atoms with van der Waals surface area (Å²) in [7, 11) is 1.93. The number of aryl methyl sites for hydroxylation is 1. The van der Waals surface area contributed by atoms with E-state index < -0.39 is 0 Å². The van der Waals surface area contributed by atoms with E-state index in [-0.39, 0.29) is 6.04 Å². The van der Waals surface area contributed by atoms with Crippen LogP contribution in [0, 0.1) is 11.3 Å². The number of rotatable bonds is 3. The summed E-state index contributed by atoms with van der Waals surface area (Å²) in [5.41, 5.74) is 0.861. The number of hydrogen-bond acceptors (Lipinski definition) is 4. The van der Waals surface area contributed by atoms with E-state index in [4.69, 9.17) is 0 Å². The Morgan fingerprint density at radius 3 is 2.59 bits per heavy atom. The van der Waals surface area contributed by atoms with E-state index in [1.54, 1.807) is 6.33 Å². The maximum absolute atomic E-state index is 9.31. The molecule has 0 saturated carbocycles. The first-order valence-electron chi connectivity index (χ1n) is 6.08. The van der Waals surface area contributed by atoms with Gasteiger partial charge in [-0.2, -0.15) is 5.26 Å². The zero-order valence-corrected chi connectivity index (χ0v) is 10.5. The van der Waals surface area contributed by atoms with Crippen molar-refractivity contribution in [1.29, 1.82) is 5.26 Å². The zero-order valence-electron chi connectivity index (χ0n) is 10.5. The van der Waals surface area contributed by atoms with Crippen LogP contribution >= 0.6 is 0 Å². The molecule has 0 aromatic carbocycles. The number of nitriles is 1. The molecule has 0 amide bonds. The van der Waals surface area contributed by atoms with Crippen LogP contribution in [0.1, 0.15) is 18.7 Å². The molecule has 1 aliphatic rings. The Morgan fingerprint density at radius 1 is 1.41 bits per heavy atom. The lowest BCUT2D eigenvalue weighted by Gasteiger charge is -2.35. The average molecular weight is 233 g/mol. The van der Waals surface area contributed by atoms with Crippen LogP contribution in [0.4, 0.5) is 0 Å². The molecule has 2 rings (SSSR count). The van der Waals surface area contributed by atoms with E-state index >= 15 is 0 Å². The predicted molar refractivity (Wildman–Crippen MR) is 65.2 cm³/mol. The summed E-state index contributed by atoms with van der Waals surface area (Å²) in [5, 5.41) is 9.31. The standard InChI is InChI=1S/C12H19N5/c1-3-16-4-6-17(7-5-16)12(8-13)11-9-15(2)10-14-11/h9-10,12H,3-7H2,1-2H3. The van der Waals surface area contributed by atoms with Crippen molar-refractivity contribution in [3.8, 4) is 6.07 Å². The molecule has 5 nitrogen and oxygen atoms in total. The van der Waals surface area contributed by atoms with Gasteiger partial charge in [0.2, 0.25) is 0 Å². The summed E-state index contributed by atoms with van der Waals surface area (Å²) in [4.78, 5) is 8.91. The van der Waals surface area contributed by atoms with Crippen LogP contribution in [0.3, 0.4) is 0 Å². The Labute approximate surface area is 102 Å². The molecule has 0 N–H and O–H groups in total. The van der Waals surface area contributed by atoms with Crippen molar-refractivity contribution < 1.29 is 0 Å². The molecule has 1 aromatic rings. The monoisotopic (exact) mass is 233 g/mol. The normalized spacial score (nSPS) is 20.1. The Bertz CT molecular complexity index is 397. The minimum atomic E-state index is -0.199. The molecule has 92 valence electrons. The molecule has 0 bridgehead atoms. The Morgan fingerprint density at radius 2 is 2.12 bits per heavy atom. The van der Waals surface area contributed by atoms with Crippen molar-refractivity contribution >= 4 is 0 Å². The number of hydrogen-bond donors (Lipinski definition) is 0. The summed E-state index contributed by atoms with van der Waals surface area (Å²) in [6, 6.07) is 2.17. The molecule has 1 atom stereocenters. The van der Waals surface area contributed by atoms with E-state index in [9.17, 15) is 5.26 Å². The summed E-state index contributed by atoms with van der Waals surface area (Å²) < 4.78 is 1.89. The van der Waals surface area contributed by atoms with E-state index in [1.165, 1.54) is 0 Å². The predicted octanol–water partition coefficient (Wildman–Crippen LogP) is 0.622. The zero-order chi connectivity index (χ0) is 12.3. The highest BCUT2D eigenvalue weighted by molar-refractivity contribution is 5.13. The van der Waals surface area contributed by atoms with Crippen LogP contribution in [0.15, 0.2) is 12.5 Å². The molecular weight excluding hydrogens is 214 g/mol. The number of aromatic nitrogens is 2. The van der Waals surface area contributed by atoms with Gasteiger partial charge < -0.3 is 9.47 Å². The molecule has 1 fully saturated rings. The highest BCUT2D eigenvalue weighted by Crippen LogP contribution is 2.19. The van der Waals surface area contributed by atoms with Gasteiger partial charge in [-0.3, -0.25) is 4.90 Å². The number of likely N-dealkylation sites (N-methyl/N-ethyl adjacent to an activating group) is 1. The molecule has 5 heteroatoms. The third kappa shape index (κ3) is 2.65. The van der Waals surface area contributed by atoms with E-state index in [2.05, 4.69) is 27.8 Å². The summed E-state index contributed by atoms with van der Waals surface area (Å²) in [6.45, 7) is 7.25. The smallest absolute Gasteiger partial charge is 0.142 e. The fourth-order valence-corrected chi connectivity index (χ4v) is 2.25. The number of piperazine rings is 1. The van der Waals surface area contributed by atoms with Gasteiger partial charge in [0, 0.05) is 39.4 Å². The van der Waals surface area contributed by atoms with Gasteiger partial charge >= 0.3 is 0 Å². The van der Waals surface area contributed by atoms with Gasteiger partial charge in [-0.15, -0.1) is 0 Å². The maximum atomic E-state index is 9.31. The van der Waals surface area contributed by atoms with Crippen molar-refractivity contribution in [2.75, 3.05) is 32.7 Å². The SMILES string of the molecule is CCN1CCN(C(C#N)c2cn(C)cn2)CC1. The first-order chi connectivity index (χ1) is 8.24. The summed E-state index contributed by atoms with van der Waals surface area (Å²) in [6.07, 6.45) is 3.68. The Kier molecular flexibility index (Phi) is 3.77. The molecule has 2 heterocycles. The van der Waals surface area contributed by atoms with E-state index in [1.807, 2.05) is 17.8 Å². The quantitative estimate of drug-likeness (QED) is 0.768. The van der Waals surface area contributed by atoms with Crippen LogP contribution in [0.25, 0.3) is 0 Å². The molecule has 1 unspecified atom stereocenters. The van der Waals surface area contributed by atoms with Gasteiger partial charge in [0.05, 0.1) is 18.1 Å². The second-order valence-electron chi connectivity index (χ2n) is 4.47. The second-order valence-corrected chi connectivity index (χ2v) is 4.47. The van der Waals surface area contributed by atoms with Gasteiger partial charge in [-0.05, 0) is 6.54 Å². The van der Waals surface area contributed by atoms with Crippen LogP contribution < -0.4 is 0 Å². The van der Waals surface area contributed by atoms with Crippen LogP contribution in [-0.4, -0.2) is 52.1 Å². The second kappa shape index (κ2) is 5.30. The minimum absolute atomic E-state index is 0.199. The van der Waals surface area contributed by atoms with Gasteiger partial charge in [0.15, 0.2) is 0 Å². The van der Waals surface area contributed by atoms with Crippen LogP contribution in [0.5, 0.6) is 0 Å². The topological polar surface area (TPSA) is 48.1 Å². The van der Waals surface area contributed by atoms with E-state index in [0.29, 0.717) is 0 Å². The first kappa shape index (κ1) is 12.1. The third-order valence-corrected chi connectivity index (χ3v) is 3.35. The molecule has 1 saturated heterocycles. The van der Waals surface area contributed by atoms with Gasteiger partial charge in [-0.1, -0.05) is 6.92 Å². The summed E-state index contributed by atoms with van der Waals surface area (Å²) >= 11 is 0. The molecule has 1 aliphatic heterocycles. The lowest BCUT2D eigenvalue weighted by Crippen LogP contribution is -2.47. The van der Waals surface area contributed by atoms with Crippen LogP contribution in [-0.2, 0) is 7.05 Å². The van der Waals surface area contributed by atoms with Gasteiger partial charge in [-0.25, -0.2) is 4.98 Å². The molecule has 0 radical (unpaired) electrons. The third-order valence-electron chi connectivity index (χ3n) is 3.35. The minimum Gasteiger partial charge on any atom is -0.340 e. The van der Waals surface area contributed by atoms with Crippen molar-refractivity contribution in [2.45, 2.75) is 13.0 Å². The van der Waals surface area contributed by atoms with Gasteiger partial charge in [0.25, 0.3) is 0 Å². The maximum Gasteiger partial charge on any atom is 0.142 e. The molecule has 1 aromatic heterocycles. The van der Waals surface area contributed by atoms with E-state index in [0.717, 1.165) is 38.4 Å². The fourth-order valence-electron chi connectivity index (χ4n) is 2.25. The van der Waals surface area contributed by atoms with Crippen molar-refractivity contribution in [3.63, 3.8) is 0 Å². The molecule has 0 spiro atoms. The Balaban J connectivity index is 2.03. The van der Waals surface area contributed by atoms with Crippen molar-refractivity contribution in [2.24, 2.45) is 7.05 Å². The fraction of sp³-hybridized carbons (Fsp3) is 0.667. The first-order valence-corrected chi connectivity index (χ1v) is 6.08. The highest BCUT2D eigenvalue weighted by Gasteiger charge is 2.25. The van der Waals surface area contributed by atoms with Gasteiger partial charge in [0.1, 0.15) is 6.04 Å². The summed E-state index contributed by atoms with van der Waals surface area (Å²) in [5.74, 6) is 0. The number of imidazole rings is 1. The van der Waals surface area contributed by atoms with Crippen molar-refractivity contribution in [3.05, 3.63) is 18.2 Å². The number of nitrogens with zero attached hydrogens (tertiary/aromatic N) is 5. The van der Waals surface area contributed by atoms with Crippen molar-refractivity contribution in [1.82, 2.24) is 19.4 Å². The lowest BCUT2D eigenvalue weighted by atomic mass is 10.2. The average Bonchev–Trinajstić information content (AvgIpc) is 2.78.